The third-order valence-electron chi connectivity index (χ3n) is 3.23. The second-order valence-electron chi connectivity index (χ2n) is 4.18. The standard InChI is InChI=1S/C12H12Cl2OS/c1-8-10(15)12(13,14)11(8,2)16-9-6-4-3-5-7-9/h3-8H,1-2H3. The molecule has 0 aliphatic heterocycles. The first-order valence-corrected chi connectivity index (χ1v) is 6.63. The van der Waals surface area contributed by atoms with E-state index in [-0.39, 0.29) is 11.7 Å². The number of thioether (sulfide) groups is 1. The lowest BCUT2D eigenvalue weighted by Gasteiger charge is -2.52. The number of Topliss-reactive ketones (excluding diaryl/α,β-unsaturated/α-hetero) is 1. The van der Waals surface area contributed by atoms with Crippen LogP contribution in [0.15, 0.2) is 35.2 Å². The van der Waals surface area contributed by atoms with Gasteiger partial charge in [0.05, 0.1) is 4.75 Å². The highest BCUT2D eigenvalue weighted by atomic mass is 35.5. The van der Waals surface area contributed by atoms with Crippen LogP contribution in [0.2, 0.25) is 0 Å². The van der Waals surface area contributed by atoms with Gasteiger partial charge in [0, 0.05) is 10.8 Å². The predicted octanol–water partition coefficient (Wildman–Crippen LogP) is 3.93. The minimum absolute atomic E-state index is 0.0817. The molecule has 0 N–H and O–H groups in total. The van der Waals surface area contributed by atoms with Gasteiger partial charge in [-0.2, -0.15) is 0 Å². The Kier molecular flexibility index (Phi) is 3.02. The number of carbonyl (C=O) groups excluding carboxylic acids is 1. The van der Waals surface area contributed by atoms with Gasteiger partial charge in [-0.15, -0.1) is 11.8 Å². The number of carbonyl (C=O) groups is 1. The second-order valence-corrected chi connectivity index (χ2v) is 7.03. The predicted molar refractivity (Wildman–Crippen MR) is 69.3 cm³/mol. The summed E-state index contributed by atoms with van der Waals surface area (Å²) >= 11 is 13.8. The van der Waals surface area contributed by atoms with Crippen molar-refractivity contribution in [2.75, 3.05) is 0 Å². The second kappa shape index (κ2) is 3.94. The molecule has 1 aliphatic rings. The minimum Gasteiger partial charge on any atom is -0.296 e. The molecule has 1 aromatic rings. The van der Waals surface area contributed by atoms with Crippen molar-refractivity contribution in [2.45, 2.75) is 27.8 Å². The Morgan fingerprint density at radius 3 is 2.31 bits per heavy atom. The summed E-state index contributed by atoms with van der Waals surface area (Å²) in [5.41, 5.74) is 0. The van der Waals surface area contributed by atoms with Crippen molar-refractivity contribution in [1.82, 2.24) is 0 Å². The van der Waals surface area contributed by atoms with Gasteiger partial charge in [0.25, 0.3) is 0 Å². The Morgan fingerprint density at radius 2 is 1.81 bits per heavy atom. The van der Waals surface area contributed by atoms with Crippen LogP contribution in [-0.4, -0.2) is 14.9 Å². The Hall–Kier alpha value is -0.180. The molecule has 2 atom stereocenters. The van der Waals surface area contributed by atoms with Crippen molar-refractivity contribution >= 4 is 40.7 Å². The third-order valence-corrected chi connectivity index (χ3v) is 6.20. The molecule has 1 aliphatic carbocycles. The molecule has 2 rings (SSSR count). The van der Waals surface area contributed by atoms with Crippen LogP contribution in [0.3, 0.4) is 0 Å². The topological polar surface area (TPSA) is 17.1 Å². The van der Waals surface area contributed by atoms with Crippen LogP contribution in [0.4, 0.5) is 0 Å². The Balaban J connectivity index is 2.25. The molecule has 1 aromatic carbocycles. The van der Waals surface area contributed by atoms with E-state index < -0.39 is 9.08 Å². The van der Waals surface area contributed by atoms with Crippen LogP contribution >= 0.6 is 35.0 Å². The summed E-state index contributed by atoms with van der Waals surface area (Å²) in [5.74, 6) is -0.200. The SMILES string of the molecule is CC1C(=O)C(Cl)(Cl)C1(C)Sc1ccccc1. The van der Waals surface area contributed by atoms with Gasteiger partial charge < -0.3 is 0 Å². The highest BCUT2D eigenvalue weighted by Crippen LogP contribution is 2.60. The zero-order valence-corrected chi connectivity index (χ0v) is 11.4. The molecule has 4 heteroatoms. The van der Waals surface area contributed by atoms with Gasteiger partial charge in [-0.05, 0) is 19.1 Å². The van der Waals surface area contributed by atoms with Gasteiger partial charge in [0.1, 0.15) is 0 Å². The molecule has 1 saturated carbocycles. The van der Waals surface area contributed by atoms with E-state index in [1.165, 1.54) is 0 Å². The average Bonchev–Trinajstić information content (AvgIpc) is 2.28. The molecule has 0 radical (unpaired) electrons. The Labute approximate surface area is 110 Å². The van der Waals surface area contributed by atoms with Gasteiger partial charge in [-0.3, -0.25) is 4.79 Å². The van der Waals surface area contributed by atoms with Crippen molar-refractivity contribution < 1.29 is 4.79 Å². The monoisotopic (exact) mass is 274 g/mol. The molecule has 0 amide bonds. The molecule has 0 spiro atoms. The molecule has 0 heterocycles. The summed E-state index contributed by atoms with van der Waals surface area (Å²) in [6, 6.07) is 9.86. The first kappa shape index (κ1) is 12.3. The molecule has 0 aromatic heterocycles. The average molecular weight is 275 g/mol. The van der Waals surface area contributed by atoms with Crippen molar-refractivity contribution in [3.05, 3.63) is 30.3 Å². The highest BCUT2D eigenvalue weighted by molar-refractivity contribution is 8.01. The van der Waals surface area contributed by atoms with E-state index in [2.05, 4.69) is 0 Å². The Bertz CT molecular complexity index is 418. The minimum atomic E-state index is -1.27. The first-order valence-electron chi connectivity index (χ1n) is 5.06. The smallest absolute Gasteiger partial charge is 0.191 e. The zero-order valence-electron chi connectivity index (χ0n) is 9.04. The van der Waals surface area contributed by atoms with E-state index in [1.807, 2.05) is 44.2 Å². The lowest BCUT2D eigenvalue weighted by molar-refractivity contribution is -0.131. The maximum absolute atomic E-state index is 11.6. The Morgan fingerprint density at radius 1 is 1.25 bits per heavy atom. The highest BCUT2D eigenvalue weighted by Gasteiger charge is 2.67. The maximum atomic E-state index is 11.6. The fraction of sp³-hybridized carbons (Fsp3) is 0.417. The van der Waals surface area contributed by atoms with Crippen LogP contribution < -0.4 is 0 Å². The molecule has 0 saturated heterocycles. The van der Waals surface area contributed by atoms with Crippen LogP contribution in [0.5, 0.6) is 0 Å². The normalized spacial score (nSPS) is 32.2. The van der Waals surface area contributed by atoms with Gasteiger partial charge in [0.2, 0.25) is 0 Å². The maximum Gasteiger partial charge on any atom is 0.191 e. The summed E-state index contributed by atoms with van der Waals surface area (Å²) in [7, 11) is 0. The van der Waals surface area contributed by atoms with E-state index in [1.54, 1.807) is 11.8 Å². The van der Waals surface area contributed by atoms with E-state index in [0.29, 0.717) is 0 Å². The number of hydrogen-bond donors (Lipinski definition) is 0. The summed E-state index contributed by atoms with van der Waals surface area (Å²) in [6.07, 6.45) is 0. The molecule has 1 nitrogen and oxygen atoms in total. The third kappa shape index (κ3) is 1.59. The van der Waals surface area contributed by atoms with E-state index >= 15 is 0 Å². The fourth-order valence-corrected chi connectivity index (χ4v) is 4.03. The van der Waals surface area contributed by atoms with Gasteiger partial charge >= 0.3 is 0 Å². The summed E-state index contributed by atoms with van der Waals surface area (Å²) < 4.78 is -1.72. The number of alkyl halides is 2. The fourth-order valence-electron chi connectivity index (χ4n) is 1.85. The number of halogens is 2. The van der Waals surface area contributed by atoms with Gasteiger partial charge in [0.15, 0.2) is 10.1 Å². The lowest BCUT2D eigenvalue weighted by atomic mass is 9.72. The van der Waals surface area contributed by atoms with E-state index in [9.17, 15) is 4.79 Å². The van der Waals surface area contributed by atoms with Gasteiger partial charge in [-0.1, -0.05) is 48.3 Å². The number of benzene rings is 1. The molecule has 1 fully saturated rings. The molecule has 86 valence electrons. The molecule has 0 bridgehead atoms. The molecular formula is C12H12Cl2OS. The van der Waals surface area contributed by atoms with E-state index in [0.717, 1.165) is 4.90 Å². The number of hydrogen-bond acceptors (Lipinski definition) is 2. The zero-order chi connectivity index (χ0) is 12.0. The van der Waals surface area contributed by atoms with Gasteiger partial charge in [-0.25, -0.2) is 0 Å². The van der Waals surface area contributed by atoms with Crippen LogP contribution in [0.1, 0.15) is 13.8 Å². The summed E-state index contributed by atoms with van der Waals surface area (Å²) in [6.45, 7) is 3.82. The molecule has 16 heavy (non-hydrogen) atoms. The lowest BCUT2D eigenvalue weighted by Crippen LogP contribution is -2.66. The quantitative estimate of drug-likeness (QED) is 0.761. The largest absolute Gasteiger partial charge is 0.296 e. The first-order chi connectivity index (χ1) is 7.39. The molecular weight excluding hydrogens is 263 g/mol. The summed E-state index contributed by atoms with van der Waals surface area (Å²) in [4.78, 5) is 12.7. The van der Waals surface area contributed by atoms with Crippen LogP contribution in [0.25, 0.3) is 0 Å². The van der Waals surface area contributed by atoms with Crippen LogP contribution in [-0.2, 0) is 4.79 Å². The van der Waals surface area contributed by atoms with Crippen molar-refractivity contribution in [3.63, 3.8) is 0 Å². The molecule has 2 unspecified atom stereocenters. The number of rotatable bonds is 2. The number of ketones is 1. The van der Waals surface area contributed by atoms with Crippen LogP contribution in [0, 0.1) is 5.92 Å². The van der Waals surface area contributed by atoms with E-state index in [4.69, 9.17) is 23.2 Å². The van der Waals surface area contributed by atoms with Crippen molar-refractivity contribution in [1.29, 1.82) is 0 Å². The summed E-state index contributed by atoms with van der Waals surface area (Å²) in [5, 5.41) is 0. The van der Waals surface area contributed by atoms with Crippen molar-refractivity contribution in [2.24, 2.45) is 5.92 Å². The van der Waals surface area contributed by atoms with Crippen molar-refractivity contribution in [3.8, 4) is 0 Å².